The zero-order chi connectivity index (χ0) is 28.4. The minimum atomic E-state index is -0.655. The van der Waals surface area contributed by atoms with E-state index in [0.717, 1.165) is 25.7 Å². The summed E-state index contributed by atoms with van der Waals surface area (Å²) in [6, 6.07) is 0. The Hall–Kier alpha value is 0.392. The zero-order valence-corrected chi connectivity index (χ0v) is 26.9. The summed E-state index contributed by atoms with van der Waals surface area (Å²) in [7, 11) is 0. The molecule has 0 fully saturated rings. The number of aliphatic carboxylic acids is 2. The van der Waals surface area contributed by atoms with Crippen LogP contribution in [0, 0.1) is 0 Å². The summed E-state index contributed by atoms with van der Waals surface area (Å²) in [6.45, 7) is 4.53. The standard InChI is InChI=1S/C18H36O2.C16H32O2.2Mg.2H2O.4H/c1-2-3-4-5-6-7-8-9-10-11-12-13-14-15-16-17-18(19)20;1-2-3-4-5-6-7-8-9-10-11-12-13-14-15-16(17)18;;;;;;;;/h2-17H2,1H3,(H,19,20);2-15H2,1H3,(H,17,18);;;2*1H2;;;;. The first kappa shape index (κ1) is 54.8. The predicted molar refractivity (Wildman–Crippen MR) is 189 cm³/mol. The molecule has 0 saturated heterocycles. The first-order chi connectivity index (χ1) is 18.5. The third kappa shape index (κ3) is 59.7. The fourth-order valence-corrected chi connectivity index (χ4v) is 4.94. The van der Waals surface area contributed by atoms with Crippen LogP contribution in [0.3, 0.4) is 0 Å². The van der Waals surface area contributed by atoms with Gasteiger partial charge in [0.15, 0.2) is 0 Å². The summed E-state index contributed by atoms with van der Waals surface area (Å²) in [5.41, 5.74) is 0. The van der Waals surface area contributed by atoms with Gasteiger partial charge in [0, 0.05) is 12.8 Å². The lowest BCUT2D eigenvalue weighted by atomic mass is 10.0. The van der Waals surface area contributed by atoms with E-state index in [9.17, 15) is 9.59 Å². The van der Waals surface area contributed by atoms with Gasteiger partial charge in [-0.2, -0.15) is 0 Å². The molecule has 0 aliphatic heterocycles. The Balaban J connectivity index is -0.000000141. The normalized spacial score (nSPS) is 9.76. The van der Waals surface area contributed by atoms with E-state index in [1.165, 1.54) is 154 Å². The minimum absolute atomic E-state index is 0. The van der Waals surface area contributed by atoms with E-state index in [4.69, 9.17) is 10.2 Å². The third-order valence-electron chi connectivity index (χ3n) is 7.49. The SMILES string of the molecule is CCCCCCCCCCCCCCCC(=O)O.CCCCCCCCCCCCCCCCCC(=O)O.O.O.[MgH2].[MgH2]. The molecular weight excluding hydrogens is 553 g/mol. The van der Waals surface area contributed by atoms with E-state index in [0.29, 0.717) is 12.8 Å². The summed E-state index contributed by atoms with van der Waals surface area (Å²) in [4.78, 5) is 20.6. The number of carboxylic acid groups (broad SMARTS) is 2. The van der Waals surface area contributed by atoms with Gasteiger partial charge in [-0.05, 0) is 12.8 Å². The Morgan fingerprint density at radius 2 is 0.476 bits per heavy atom. The molecule has 42 heavy (non-hydrogen) atoms. The van der Waals surface area contributed by atoms with Crippen molar-refractivity contribution in [1.82, 2.24) is 0 Å². The smallest absolute Gasteiger partial charge is 0.316 e. The molecule has 0 aromatic heterocycles. The van der Waals surface area contributed by atoms with Crippen LogP contribution >= 0.6 is 0 Å². The minimum Gasteiger partial charge on any atom is -0.481 e. The van der Waals surface area contributed by atoms with Crippen LogP contribution in [0.15, 0.2) is 0 Å². The lowest BCUT2D eigenvalue weighted by molar-refractivity contribution is -0.138. The monoisotopic (exact) mass is 629 g/mol. The van der Waals surface area contributed by atoms with Gasteiger partial charge in [0.25, 0.3) is 0 Å². The van der Waals surface area contributed by atoms with Crippen molar-refractivity contribution >= 4 is 58.0 Å². The molecule has 0 amide bonds. The fourth-order valence-electron chi connectivity index (χ4n) is 4.94. The lowest BCUT2D eigenvalue weighted by Gasteiger charge is -2.03. The van der Waals surface area contributed by atoms with Crippen molar-refractivity contribution < 1.29 is 30.8 Å². The molecule has 0 spiro atoms. The Morgan fingerprint density at radius 1 is 0.333 bits per heavy atom. The van der Waals surface area contributed by atoms with Gasteiger partial charge in [-0.25, -0.2) is 0 Å². The van der Waals surface area contributed by atoms with Gasteiger partial charge in [-0.1, -0.05) is 181 Å². The molecule has 0 saturated carbocycles. The van der Waals surface area contributed by atoms with Crippen molar-refractivity contribution in [2.24, 2.45) is 0 Å². The second kappa shape index (κ2) is 51.0. The molecule has 0 heterocycles. The predicted octanol–water partition coefficient (Wildman–Crippen LogP) is 8.40. The van der Waals surface area contributed by atoms with Crippen molar-refractivity contribution in [2.75, 3.05) is 0 Å². The molecule has 0 aliphatic carbocycles. The Morgan fingerprint density at radius 3 is 0.619 bits per heavy atom. The van der Waals surface area contributed by atoms with Crippen molar-refractivity contribution in [3.8, 4) is 0 Å². The van der Waals surface area contributed by atoms with Crippen LogP contribution in [0.5, 0.6) is 0 Å². The topological polar surface area (TPSA) is 138 Å². The molecular formula is C34H76Mg2O6. The average Bonchev–Trinajstić information content (AvgIpc) is 2.89. The first-order valence-electron chi connectivity index (χ1n) is 17.0. The van der Waals surface area contributed by atoms with E-state index >= 15 is 0 Å². The van der Waals surface area contributed by atoms with Crippen LogP contribution in [-0.2, 0) is 9.59 Å². The number of hydrogen-bond donors (Lipinski definition) is 2. The first-order valence-corrected chi connectivity index (χ1v) is 17.0. The van der Waals surface area contributed by atoms with Crippen molar-refractivity contribution in [3.63, 3.8) is 0 Å². The Bertz CT molecular complexity index is 481. The highest BCUT2D eigenvalue weighted by molar-refractivity contribution is 5.76. The molecule has 6 nitrogen and oxygen atoms in total. The van der Waals surface area contributed by atoms with E-state index in [-0.39, 0.29) is 57.1 Å². The highest BCUT2D eigenvalue weighted by Gasteiger charge is 1.98. The summed E-state index contributed by atoms with van der Waals surface area (Å²) in [5, 5.41) is 17.0. The maximum Gasteiger partial charge on any atom is 0.316 e. The molecule has 0 aliphatic rings. The Kier molecular flexibility index (Phi) is 66.6. The molecule has 0 atom stereocenters. The van der Waals surface area contributed by atoms with Crippen molar-refractivity contribution in [2.45, 2.75) is 206 Å². The molecule has 0 radical (unpaired) electrons. The van der Waals surface area contributed by atoms with Gasteiger partial charge in [-0.15, -0.1) is 0 Å². The van der Waals surface area contributed by atoms with Gasteiger partial charge in [0.2, 0.25) is 0 Å². The van der Waals surface area contributed by atoms with E-state index < -0.39 is 11.9 Å². The molecule has 0 aromatic rings. The van der Waals surface area contributed by atoms with Crippen LogP contribution in [-0.4, -0.2) is 79.2 Å². The highest BCUT2D eigenvalue weighted by Crippen LogP contribution is 2.14. The van der Waals surface area contributed by atoms with Crippen LogP contribution in [0.25, 0.3) is 0 Å². The van der Waals surface area contributed by atoms with Crippen LogP contribution < -0.4 is 0 Å². The largest absolute Gasteiger partial charge is 0.481 e. The molecule has 0 bridgehead atoms. The van der Waals surface area contributed by atoms with E-state index in [1.807, 2.05) is 0 Å². The average molecular weight is 630 g/mol. The molecule has 8 heteroatoms. The maximum atomic E-state index is 10.3. The highest BCUT2D eigenvalue weighted by atomic mass is 24.3. The number of rotatable bonds is 30. The van der Waals surface area contributed by atoms with Crippen LogP contribution in [0.1, 0.15) is 206 Å². The second-order valence-electron chi connectivity index (χ2n) is 11.5. The number of carboxylic acids is 2. The number of carbonyl (C=O) groups is 2. The number of hydrogen-bond acceptors (Lipinski definition) is 2. The maximum absolute atomic E-state index is 10.3. The third-order valence-corrected chi connectivity index (χ3v) is 7.49. The summed E-state index contributed by atoms with van der Waals surface area (Å²) in [6.07, 6.45) is 37.5. The molecule has 0 unspecified atom stereocenters. The van der Waals surface area contributed by atoms with Crippen LogP contribution in [0.4, 0.5) is 0 Å². The summed E-state index contributed by atoms with van der Waals surface area (Å²) < 4.78 is 0. The summed E-state index contributed by atoms with van der Waals surface area (Å²) in [5.74, 6) is -1.31. The van der Waals surface area contributed by atoms with Gasteiger partial charge in [-0.3, -0.25) is 9.59 Å². The lowest BCUT2D eigenvalue weighted by Crippen LogP contribution is -1.93. The van der Waals surface area contributed by atoms with Gasteiger partial charge in [0.05, 0.1) is 0 Å². The van der Waals surface area contributed by atoms with E-state index in [2.05, 4.69) is 13.8 Å². The number of unbranched alkanes of at least 4 members (excludes halogenated alkanes) is 26. The zero-order valence-electron chi connectivity index (χ0n) is 26.9. The molecule has 0 rings (SSSR count). The van der Waals surface area contributed by atoms with E-state index in [1.54, 1.807) is 0 Å². The summed E-state index contributed by atoms with van der Waals surface area (Å²) >= 11 is 0. The van der Waals surface area contributed by atoms with Crippen molar-refractivity contribution in [3.05, 3.63) is 0 Å². The van der Waals surface area contributed by atoms with Gasteiger partial charge in [0.1, 0.15) is 0 Å². The quantitative estimate of drug-likeness (QED) is 0.0609. The molecule has 252 valence electrons. The van der Waals surface area contributed by atoms with Gasteiger partial charge >= 0.3 is 58.0 Å². The van der Waals surface area contributed by atoms with Crippen LogP contribution in [0.2, 0.25) is 0 Å². The van der Waals surface area contributed by atoms with Gasteiger partial charge < -0.3 is 21.2 Å². The second-order valence-corrected chi connectivity index (χ2v) is 11.5. The molecule has 0 aromatic carbocycles. The van der Waals surface area contributed by atoms with Crippen molar-refractivity contribution in [1.29, 1.82) is 0 Å². The Labute approximate surface area is 293 Å². The molecule has 6 N–H and O–H groups in total. The fraction of sp³-hybridized carbons (Fsp3) is 0.941.